The number of allylic oxidation sites excluding steroid dienone is 1. The Labute approximate surface area is 136 Å². The Morgan fingerprint density at radius 1 is 1.27 bits per heavy atom. The van der Waals surface area contributed by atoms with E-state index < -0.39 is 6.09 Å². The van der Waals surface area contributed by atoms with Crippen molar-refractivity contribution in [1.82, 2.24) is 4.90 Å². The number of hydrogen-bond donors (Lipinski definition) is 1. The van der Waals surface area contributed by atoms with Crippen molar-refractivity contribution in [3.8, 4) is 0 Å². The van der Waals surface area contributed by atoms with E-state index in [-0.39, 0.29) is 10.8 Å². The minimum Gasteiger partial charge on any atom is -0.465 e. The fourth-order valence-corrected chi connectivity index (χ4v) is 4.26. The summed E-state index contributed by atoms with van der Waals surface area (Å²) < 4.78 is 0. The molecule has 0 unspecified atom stereocenters. The molecule has 0 radical (unpaired) electrons. The molecule has 0 saturated carbocycles. The van der Waals surface area contributed by atoms with E-state index in [1.807, 2.05) is 12.1 Å². The maximum absolute atomic E-state index is 11.2. The minimum absolute atomic E-state index is 0.0376. The van der Waals surface area contributed by atoms with Crippen LogP contribution >= 0.6 is 11.6 Å². The van der Waals surface area contributed by atoms with Crippen LogP contribution in [0.15, 0.2) is 23.8 Å². The first kappa shape index (κ1) is 15.4. The highest BCUT2D eigenvalue weighted by Crippen LogP contribution is 2.54. The van der Waals surface area contributed by atoms with Gasteiger partial charge < -0.3 is 10.0 Å². The average Bonchev–Trinajstić information content (AvgIpc) is 2.73. The van der Waals surface area contributed by atoms with Crippen molar-refractivity contribution in [3.63, 3.8) is 0 Å². The van der Waals surface area contributed by atoms with Crippen LogP contribution in [-0.2, 0) is 5.41 Å². The Morgan fingerprint density at radius 3 is 2.45 bits per heavy atom. The van der Waals surface area contributed by atoms with Gasteiger partial charge in [-0.25, -0.2) is 4.79 Å². The zero-order chi connectivity index (χ0) is 16.1. The van der Waals surface area contributed by atoms with Gasteiger partial charge in [-0.2, -0.15) is 0 Å². The third-order valence-electron chi connectivity index (χ3n) is 5.04. The summed E-state index contributed by atoms with van der Waals surface area (Å²) in [4.78, 5) is 12.7. The van der Waals surface area contributed by atoms with E-state index in [9.17, 15) is 9.90 Å². The van der Waals surface area contributed by atoms with Gasteiger partial charge in [0.25, 0.3) is 0 Å². The van der Waals surface area contributed by atoms with Gasteiger partial charge in [-0.15, -0.1) is 0 Å². The van der Waals surface area contributed by atoms with Crippen LogP contribution in [0.1, 0.15) is 44.7 Å². The average molecular weight is 320 g/mol. The molecular weight excluding hydrogens is 298 g/mol. The van der Waals surface area contributed by atoms with Gasteiger partial charge in [0.05, 0.1) is 0 Å². The number of nitrogens with zero attached hydrogens (tertiary/aromatic N) is 1. The Kier molecular flexibility index (Phi) is 3.52. The number of fused-ring (bicyclic) bond motifs is 2. The molecule has 0 aromatic heterocycles. The van der Waals surface area contributed by atoms with Crippen LogP contribution in [0.5, 0.6) is 0 Å². The Bertz CT molecular complexity index is 650. The van der Waals surface area contributed by atoms with Crippen molar-refractivity contribution in [2.75, 3.05) is 13.1 Å². The number of carbonyl (C=O) groups is 1. The molecule has 3 rings (SSSR count). The Hall–Kier alpha value is -1.48. The summed E-state index contributed by atoms with van der Waals surface area (Å²) in [6, 6.07) is 6.11. The SMILES string of the molecule is CC(C)(C)C1=Cc2cc(Cl)ccc2C12CCN(C(=O)O)CC2. The number of halogens is 1. The molecule has 22 heavy (non-hydrogen) atoms. The van der Waals surface area contributed by atoms with Crippen molar-refractivity contribution in [2.24, 2.45) is 5.41 Å². The molecule has 1 aliphatic heterocycles. The van der Waals surface area contributed by atoms with Crippen LogP contribution in [-0.4, -0.2) is 29.2 Å². The number of likely N-dealkylation sites (tertiary alicyclic amines) is 1. The standard InChI is InChI=1S/C18H22ClNO2/c1-17(2,3)15-11-12-10-13(19)4-5-14(12)18(15)6-8-20(9-7-18)16(21)22/h4-5,10-11H,6-9H2,1-3H3,(H,21,22). The van der Waals surface area contributed by atoms with Crippen molar-refractivity contribution >= 4 is 23.8 Å². The largest absolute Gasteiger partial charge is 0.465 e. The topological polar surface area (TPSA) is 40.5 Å². The molecule has 1 saturated heterocycles. The first-order valence-electron chi connectivity index (χ1n) is 7.75. The van der Waals surface area contributed by atoms with E-state index in [0.29, 0.717) is 13.1 Å². The van der Waals surface area contributed by atoms with Crippen molar-refractivity contribution in [2.45, 2.75) is 39.0 Å². The molecule has 1 aliphatic carbocycles. The third kappa shape index (κ3) is 2.32. The summed E-state index contributed by atoms with van der Waals surface area (Å²) in [6.07, 6.45) is 3.15. The summed E-state index contributed by atoms with van der Waals surface area (Å²) in [6.45, 7) is 7.88. The molecule has 118 valence electrons. The van der Waals surface area contributed by atoms with Gasteiger partial charge in [-0.05, 0) is 41.5 Å². The summed E-state index contributed by atoms with van der Waals surface area (Å²) >= 11 is 6.16. The molecule has 1 aromatic rings. The molecule has 1 aromatic carbocycles. The summed E-state index contributed by atoms with van der Waals surface area (Å²) in [7, 11) is 0. The second-order valence-corrected chi connectivity index (χ2v) is 7.83. The number of amides is 1. The van der Waals surface area contributed by atoms with Crippen LogP contribution in [0.25, 0.3) is 6.08 Å². The van der Waals surface area contributed by atoms with Gasteiger partial charge >= 0.3 is 6.09 Å². The molecule has 1 N–H and O–H groups in total. The van der Waals surface area contributed by atoms with Crippen LogP contribution in [0, 0.1) is 5.41 Å². The fourth-order valence-electron chi connectivity index (χ4n) is 4.08. The van der Waals surface area contributed by atoms with Gasteiger partial charge in [-0.1, -0.05) is 50.1 Å². The first-order chi connectivity index (χ1) is 10.2. The van der Waals surface area contributed by atoms with E-state index >= 15 is 0 Å². The van der Waals surface area contributed by atoms with Crippen molar-refractivity contribution in [3.05, 3.63) is 39.9 Å². The smallest absolute Gasteiger partial charge is 0.407 e. The van der Waals surface area contributed by atoms with E-state index in [4.69, 9.17) is 11.6 Å². The highest BCUT2D eigenvalue weighted by Gasteiger charge is 2.47. The summed E-state index contributed by atoms with van der Waals surface area (Å²) in [5.41, 5.74) is 3.93. The zero-order valence-electron chi connectivity index (χ0n) is 13.3. The molecule has 0 bridgehead atoms. The van der Waals surface area contributed by atoms with E-state index in [2.05, 4.69) is 32.9 Å². The number of hydrogen-bond acceptors (Lipinski definition) is 1. The third-order valence-corrected chi connectivity index (χ3v) is 5.28. The van der Waals surface area contributed by atoms with Gasteiger partial charge in [0.15, 0.2) is 0 Å². The lowest BCUT2D eigenvalue weighted by atomic mass is 9.63. The normalized spacial score (nSPS) is 20.0. The molecule has 1 heterocycles. The first-order valence-corrected chi connectivity index (χ1v) is 8.12. The lowest BCUT2D eigenvalue weighted by molar-refractivity contribution is 0.119. The summed E-state index contributed by atoms with van der Waals surface area (Å²) in [5.74, 6) is 0. The maximum atomic E-state index is 11.2. The molecule has 0 atom stereocenters. The molecular formula is C18H22ClNO2. The predicted molar refractivity (Wildman–Crippen MR) is 89.4 cm³/mol. The van der Waals surface area contributed by atoms with E-state index in [1.165, 1.54) is 21.6 Å². The fraction of sp³-hybridized carbons (Fsp3) is 0.500. The molecule has 1 spiro atoms. The summed E-state index contributed by atoms with van der Waals surface area (Å²) in [5, 5.41) is 9.97. The Balaban J connectivity index is 2.05. The number of piperidine rings is 1. The Morgan fingerprint density at radius 2 is 1.91 bits per heavy atom. The van der Waals surface area contributed by atoms with Gasteiger partial charge in [0.2, 0.25) is 0 Å². The van der Waals surface area contributed by atoms with Crippen LogP contribution in [0.4, 0.5) is 4.79 Å². The highest BCUT2D eigenvalue weighted by atomic mass is 35.5. The predicted octanol–water partition coefficient (Wildman–Crippen LogP) is 4.79. The molecule has 4 heteroatoms. The number of rotatable bonds is 0. The lowest BCUT2D eigenvalue weighted by Gasteiger charge is -2.45. The van der Waals surface area contributed by atoms with Gasteiger partial charge in [0, 0.05) is 23.5 Å². The molecule has 1 amide bonds. The zero-order valence-corrected chi connectivity index (χ0v) is 14.1. The van der Waals surface area contributed by atoms with Crippen molar-refractivity contribution in [1.29, 1.82) is 0 Å². The second kappa shape index (κ2) is 5.02. The molecule has 1 fully saturated rings. The molecule has 3 nitrogen and oxygen atoms in total. The second-order valence-electron chi connectivity index (χ2n) is 7.39. The maximum Gasteiger partial charge on any atom is 0.407 e. The quantitative estimate of drug-likeness (QED) is 0.746. The van der Waals surface area contributed by atoms with Crippen molar-refractivity contribution < 1.29 is 9.90 Å². The van der Waals surface area contributed by atoms with E-state index in [1.54, 1.807) is 0 Å². The van der Waals surface area contributed by atoms with Gasteiger partial charge in [-0.3, -0.25) is 0 Å². The van der Waals surface area contributed by atoms with Gasteiger partial charge in [0.1, 0.15) is 0 Å². The van der Waals surface area contributed by atoms with Crippen LogP contribution < -0.4 is 0 Å². The molecule has 2 aliphatic rings. The number of benzene rings is 1. The van der Waals surface area contributed by atoms with E-state index in [0.717, 1.165) is 17.9 Å². The number of carboxylic acid groups (broad SMARTS) is 1. The highest BCUT2D eigenvalue weighted by molar-refractivity contribution is 6.30. The van der Waals surface area contributed by atoms with Crippen LogP contribution in [0.3, 0.4) is 0 Å². The van der Waals surface area contributed by atoms with Crippen LogP contribution in [0.2, 0.25) is 5.02 Å². The monoisotopic (exact) mass is 319 g/mol. The minimum atomic E-state index is -0.814. The lowest BCUT2D eigenvalue weighted by Crippen LogP contribution is -2.46.